The minimum absolute atomic E-state index is 0.403. The summed E-state index contributed by atoms with van der Waals surface area (Å²) in [4.78, 5) is 0. The van der Waals surface area contributed by atoms with Crippen molar-refractivity contribution >= 4 is 0 Å². The predicted octanol–water partition coefficient (Wildman–Crippen LogP) is 2.72. The van der Waals surface area contributed by atoms with Gasteiger partial charge < -0.3 is 5.73 Å². The van der Waals surface area contributed by atoms with Crippen molar-refractivity contribution in [1.29, 1.82) is 0 Å². The first kappa shape index (κ1) is 9.79. The van der Waals surface area contributed by atoms with Crippen LogP contribution in [0.2, 0.25) is 0 Å². The van der Waals surface area contributed by atoms with Gasteiger partial charge in [-0.25, -0.2) is 0 Å². The summed E-state index contributed by atoms with van der Waals surface area (Å²) in [5, 5.41) is 0. The molecule has 1 aliphatic rings. The molecule has 0 saturated heterocycles. The second kappa shape index (κ2) is 3.21. The van der Waals surface area contributed by atoms with E-state index < -0.39 is 0 Å². The summed E-state index contributed by atoms with van der Waals surface area (Å²) in [5.41, 5.74) is 7.66. The number of hydrogen-bond donors (Lipinski definition) is 1. The van der Waals surface area contributed by atoms with Crippen LogP contribution in [0.5, 0.6) is 0 Å². The molecule has 1 rings (SSSR count). The lowest BCUT2D eigenvalue weighted by Gasteiger charge is -2.41. The van der Waals surface area contributed by atoms with Gasteiger partial charge in [0.05, 0.1) is 0 Å². The van der Waals surface area contributed by atoms with Crippen molar-refractivity contribution < 1.29 is 0 Å². The quantitative estimate of drug-likeness (QED) is 0.597. The summed E-state index contributed by atoms with van der Waals surface area (Å²) >= 11 is 0. The highest BCUT2D eigenvalue weighted by atomic mass is 14.7. The molecule has 0 bridgehead atoms. The molecular weight excluding hydrogens is 146 g/mol. The van der Waals surface area contributed by atoms with Crippen LogP contribution in [0.25, 0.3) is 0 Å². The fourth-order valence-electron chi connectivity index (χ4n) is 2.34. The maximum Gasteiger partial charge on any atom is 0.00449 e. The van der Waals surface area contributed by atoms with Crippen molar-refractivity contribution in [2.45, 2.75) is 46.1 Å². The fourth-order valence-corrected chi connectivity index (χ4v) is 2.34. The Hall–Kier alpha value is -0.300. The van der Waals surface area contributed by atoms with E-state index in [0.29, 0.717) is 17.4 Å². The van der Waals surface area contributed by atoms with Crippen molar-refractivity contribution in [2.75, 3.05) is 0 Å². The molecule has 2 N–H and O–H groups in total. The van der Waals surface area contributed by atoms with E-state index in [4.69, 9.17) is 5.73 Å². The second-order valence-electron chi connectivity index (χ2n) is 4.92. The van der Waals surface area contributed by atoms with Crippen LogP contribution < -0.4 is 5.73 Å². The van der Waals surface area contributed by atoms with Crippen LogP contribution in [0.3, 0.4) is 0 Å². The van der Waals surface area contributed by atoms with Crippen LogP contribution in [0.4, 0.5) is 0 Å². The number of hydrogen-bond acceptors (Lipinski definition) is 1. The number of allylic oxidation sites excluding steroid dienone is 1. The number of nitrogens with two attached hydrogens (primary N) is 1. The van der Waals surface area contributed by atoms with Crippen molar-refractivity contribution in [3.05, 3.63) is 12.2 Å². The summed E-state index contributed by atoms with van der Waals surface area (Å²) in [7, 11) is 0. The van der Waals surface area contributed by atoms with Crippen molar-refractivity contribution in [3.63, 3.8) is 0 Å². The van der Waals surface area contributed by atoms with Crippen LogP contribution >= 0.6 is 0 Å². The third kappa shape index (κ3) is 1.89. The fraction of sp³-hybridized carbons (Fsp3) is 0.818. The maximum atomic E-state index is 5.94. The summed E-state index contributed by atoms with van der Waals surface area (Å²) in [6.07, 6.45) is 3.55. The van der Waals surface area contributed by atoms with E-state index in [-0.39, 0.29) is 0 Å². The van der Waals surface area contributed by atoms with Gasteiger partial charge in [0.1, 0.15) is 0 Å². The van der Waals surface area contributed by atoms with Gasteiger partial charge in [-0.1, -0.05) is 26.0 Å². The highest BCUT2D eigenvalue weighted by Crippen LogP contribution is 2.43. The van der Waals surface area contributed by atoms with Gasteiger partial charge in [-0.2, -0.15) is 0 Å². The molecule has 70 valence electrons. The van der Waals surface area contributed by atoms with E-state index in [1.807, 2.05) is 0 Å². The van der Waals surface area contributed by atoms with Crippen molar-refractivity contribution in [1.82, 2.24) is 0 Å². The first-order chi connectivity index (χ1) is 5.43. The third-order valence-corrected chi connectivity index (χ3v) is 3.24. The molecule has 0 amide bonds. The van der Waals surface area contributed by atoms with Gasteiger partial charge in [-0.3, -0.25) is 0 Å². The van der Waals surface area contributed by atoms with Gasteiger partial charge in [0, 0.05) is 6.04 Å². The zero-order valence-corrected chi connectivity index (χ0v) is 8.56. The Kier molecular flexibility index (Phi) is 2.62. The van der Waals surface area contributed by atoms with Crippen LogP contribution in [-0.4, -0.2) is 6.04 Å². The highest BCUT2D eigenvalue weighted by Gasteiger charge is 2.35. The minimum atomic E-state index is 0.403. The highest BCUT2D eigenvalue weighted by molar-refractivity contribution is 5.05. The van der Waals surface area contributed by atoms with Gasteiger partial charge in [-0.15, -0.1) is 0 Å². The maximum absolute atomic E-state index is 5.94. The molecule has 12 heavy (non-hydrogen) atoms. The van der Waals surface area contributed by atoms with Gasteiger partial charge in [0.15, 0.2) is 0 Å². The molecule has 0 heterocycles. The van der Waals surface area contributed by atoms with Gasteiger partial charge in [-0.05, 0) is 37.5 Å². The normalized spacial score (nSPS) is 34.7. The van der Waals surface area contributed by atoms with E-state index >= 15 is 0 Å². The average molecular weight is 167 g/mol. The Morgan fingerprint density at radius 3 is 2.50 bits per heavy atom. The van der Waals surface area contributed by atoms with Gasteiger partial charge >= 0.3 is 0 Å². The third-order valence-electron chi connectivity index (χ3n) is 3.24. The molecule has 0 aromatic heterocycles. The molecule has 1 heteroatoms. The van der Waals surface area contributed by atoms with Crippen LogP contribution in [0.1, 0.15) is 40.0 Å². The average Bonchev–Trinajstić information content (AvgIpc) is 1.94. The monoisotopic (exact) mass is 167 g/mol. The van der Waals surface area contributed by atoms with Crippen LogP contribution in [-0.2, 0) is 0 Å². The first-order valence-electron chi connectivity index (χ1n) is 4.84. The molecule has 1 saturated carbocycles. The topological polar surface area (TPSA) is 26.0 Å². The van der Waals surface area contributed by atoms with E-state index in [9.17, 15) is 0 Å². The lowest BCUT2D eigenvalue weighted by Crippen LogP contribution is -2.38. The van der Waals surface area contributed by atoms with E-state index in [1.165, 1.54) is 18.4 Å². The van der Waals surface area contributed by atoms with E-state index in [0.717, 1.165) is 6.42 Å². The largest absolute Gasteiger partial charge is 0.328 e. The molecule has 1 nitrogen and oxygen atoms in total. The summed E-state index contributed by atoms with van der Waals surface area (Å²) in [6.45, 7) is 10.8. The van der Waals surface area contributed by atoms with Crippen LogP contribution in [0, 0.1) is 11.3 Å². The van der Waals surface area contributed by atoms with E-state index in [2.05, 4.69) is 27.4 Å². The Morgan fingerprint density at radius 2 is 2.08 bits per heavy atom. The second-order valence-corrected chi connectivity index (χ2v) is 4.92. The van der Waals surface area contributed by atoms with Gasteiger partial charge in [0.2, 0.25) is 0 Å². The zero-order chi connectivity index (χ0) is 9.35. The Morgan fingerprint density at radius 1 is 1.50 bits per heavy atom. The smallest absolute Gasteiger partial charge is 0.00449 e. The Bertz CT molecular complexity index is 181. The molecular formula is C11H21N. The number of rotatable bonds is 1. The molecule has 0 aliphatic heterocycles. The standard InChI is InChI=1S/C11H21N/c1-8(2)10-7-9(12)5-6-11(10,3)4/h9-10H,1,5-7,12H2,2-4H3. The molecule has 0 spiro atoms. The Balaban J connectivity index is 2.72. The summed E-state index contributed by atoms with van der Waals surface area (Å²) in [5.74, 6) is 0.626. The molecule has 0 aromatic carbocycles. The molecule has 0 aromatic rings. The molecule has 1 aliphatic carbocycles. The molecule has 2 unspecified atom stereocenters. The molecule has 2 atom stereocenters. The Labute approximate surface area is 76.0 Å². The first-order valence-corrected chi connectivity index (χ1v) is 4.84. The predicted molar refractivity (Wildman–Crippen MR) is 53.9 cm³/mol. The minimum Gasteiger partial charge on any atom is -0.328 e. The van der Waals surface area contributed by atoms with Crippen molar-refractivity contribution in [3.8, 4) is 0 Å². The summed E-state index contributed by atoms with van der Waals surface area (Å²) < 4.78 is 0. The lowest BCUT2D eigenvalue weighted by atomic mass is 9.65. The van der Waals surface area contributed by atoms with Crippen molar-refractivity contribution in [2.24, 2.45) is 17.1 Å². The van der Waals surface area contributed by atoms with Gasteiger partial charge in [0.25, 0.3) is 0 Å². The van der Waals surface area contributed by atoms with Crippen LogP contribution in [0.15, 0.2) is 12.2 Å². The summed E-state index contributed by atoms with van der Waals surface area (Å²) in [6, 6.07) is 0.403. The zero-order valence-electron chi connectivity index (χ0n) is 8.56. The molecule has 1 fully saturated rings. The lowest BCUT2D eigenvalue weighted by molar-refractivity contribution is 0.153. The molecule has 0 radical (unpaired) electrons. The SMILES string of the molecule is C=C(C)C1CC(N)CCC1(C)C. The van der Waals surface area contributed by atoms with E-state index in [1.54, 1.807) is 0 Å².